The van der Waals surface area contributed by atoms with E-state index in [1.165, 1.54) is 0 Å². The molecule has 0 bridgehead atoms. The number of aliphatic carboxylic acids is 1. The van der Waals surface area contributed by atoms with Gasteiger partial charge in [0.25, 0.3) is 0 Å². The number of rotatable bonds is 4. The molecule has 1 fully saturated rings. The van der Waals surface area contributed by atoms with E-state index < -0.39 is 18.0 Å². The highest BCUT2D eigenvalue weighted by atomic mass is 16.4. The summed E-state index contributed by atoms with van der Waals surface area (Å²) >= 11 is 0. The zero-order valence-corrected chi connectivity index (χ0v) is 11.3. The molecule has 0 aromatic heterocycles. The molecule has 8 nitrogen and oxygen atoms in total. The normalized spacial score (nSPS) is 20.9. The number of likely N-dealkylation sites (N-methyl/N-ethyl adjacent to an activating group) is 1. The van der Waals surface area contributed by atoms with Gasteiger partial charge in [-0.2, -0.15) is 0 Å². The molecule has 1 rings (SSSR count). The number of nitrogens with zero attached hydrogens (tertiary/aromatic N) is 2. The van der Waals surface area contributed by atoms with Gasteiger partial charge in [0.2, 0.25) is 5.91 Å². The largest absolute Gasteiger partial charge is 0.480 e. The zero-order valence-electron chi connectivity index (χ0n) is 11.3. The molecule has 0 spiro atoms. The van der Waals surface area contributed by atoms with Gasteiger partial charge in [0.15, 0.2) is 0 Å². The minimum absolute atomic E-state index is 0.0658. The van der Waals surface area contributed by atoms with Crippen LogP contribution in [0.1, 0.15) is 6.92 Å². The molecule has 1 heterocycles. The van der Waals surface area contributed by atoms with Crippen LogP contribution in [-0.2, 0) is 9.59 Å². The Bertz CT molecular complexity index is 372. The smallest absolute Gasteiger partial charge is 0.328 e. The summed E-state index contributed by atoms with van der Waals surface area (Å²) < 4.78 is 0. The van der Waals surface area contributed by atoms with Crippen molar-refractivity contribution in [2.45, 2.75) is 19.0 Å². The number of carbonyl (C=O) groups excluding carboxylic acids is 2. The molecule has 0 aromatic carbocycles. The maximum atomic E-state index is 12.0. The fraction of sp³-hybridized carbons (Fsp3) is 0.727. The van der Waals surface area contributed by atoms with E-state index in [4.69, 9.17) is 5.11 Å². The number of hydrogen-bond donors (Lipinski definition) is 3. The molecule has 2 unspecified atom stereocenters. The Morgan fingerprint density at radius 2 is 2.21 bits per heavy atom. The number of hydrogen-bond acceptors (Lipinski definition) is 4. The third kappa shape index (κ3) is 4.40. The van der Waals surface area contributed by atoms with Crippen molar-refractivity contribution in [3.8, 4) is 0 Å². The predicted octanol–water partition coefficient (Wildman–Crippen LogP) is -1.47. The fourth-order valence-electron chi connectivity index (χ4n) is 1.96. The number of carbonyl (C=O) groups is 3. The van der Waals surface area contributed by atoms with E-state index in [0.29, 0.717) is 6.54 Å². The Morgan fingerprint density at radius 3 is 2.74 bits per heavy atom. The average Bonchev–Trinajstić information content (AvgIpc) is 2.26. The van der Waals surface area contributed by atoms with Crippen molar-refractivity contribution in [1.29, 1.82) is 0 Å². The molecule has 3 amide bonds. The minimum atomic E-state index is -1.13. The first-order valence-corrected chi connectivity index (χ1v) is 6.02. The van der Waals surface area contributed by atoms with Crippen LogP contribution in [0.3, 0.4) is 0 Å². The van der Waals surface area contributed by atoms with Crippen LogP contribution in [0.5, 0.6) is 0 Å². The van der Waals surface area contributed by atoms with Crippen LogP contribution in [0.4, 0.5) is 4.79 Å². The highest BCUT2D eigenvalue weighted by Gasteiger charge is 2.35. The van der Waals surface area contributed by atoms with E-state index in [1.54, 1.807) is 0 Å². The topological polar surface area (TPSA) is 102 Å². The SMILES string of the molecule is CC(CN(C)C)NC(=O)N1CC(=O)NCC1C(=O)O. The molecular formula is C11H20N4O4. The molecule has 3 N–H and O–H groups in total. The molecule has 19 heavy (non-hydrogen) atoms. The summed E-state index contributed by atoms with van der Waals surface area (Å²) in [5.41, 5.74) is 0. The van der Waals surface area contributed by atoms with E-state index in [0.717, 1.165) is 4.90 Å². The first-order valence-electron chi connectivity index (χ1n) is 6.02. The van der Waals surface area contributed by atoms with Gasteiger partial charge < -0.3 is 20.6 Å². The summed E-state index contributed by atoms with van der Waals surface area (Å²) in [5.74, 6) is -1.48. The van der Waals surface area contributed by atoms with E-state index in [2.05, 4.69) is 10.6 Å². The molecule has 108 valence electrons. The van der Waals surface area contributed by atoms with Crippen LogP contribution in [0.2, 0.25) is 0 Å². The van der Waals surface area contributed by atoms with Gasteiger partial charge in [0.1, 0.15) is 12.6 Å². The summed E-state index contributed by atoms with van der Waals surface area (Å²) in [6.45, 7) is 2.14. The van der Waals surface area contributed by atoms with Gasteiger partial charge in [0.05, 0.1) is 0 Å². The lowest BCUT2D eigenvalue weighted by Gasteiger charge is -2.33. The number of carboxylic acids is 1. The standard InChI is InChI=1S/C11H20N4O4/c1-7(5-14(2)3)13-11(19)15-6-9(16)12-4-8(15)10(17)18/h7-8H,4-6H2,1-3H3,(H,12,16)(H,13,19)(H,17,18). The van der Waals surface area contributed by atoms with Gasteiger partial charge in [-0.25, -0.2) is 9.59 Å². The van der Waals surface area contributed by atoms with E-state index in [9.17, 15) is 14.4 Å². The van der Waals surface area contributed by atoms with Crippen molar-refractivity contribution < 1.29 is 19.5 Å². The number of urea groups is 1. The molecule has 8 heteroatoms. The average molecular weight is 272 g/mol. The molecule has 0 saturated carbocycles. The van der Waals surface area contributed by atoms with Crippen LogP contribution in [-0.4, -0.2) is 78.6 Å². The van der Waals surface area contributed by atoms with Crippen LogP contribution >= 0.6 is 0 Å². The van der Waals surface area contributed by atoms with Crippen LogP contribution < -0.4 is 10.6 Å². The third-order valence-electron chi connectivity index (χ3n) is 2.74. The molecule has 1 saturated heterocycles. The lowest BCUT2D eigenvalue weighted by Crippen LogP contribution is -2.62. The van der Waals surface area contributed by atoms with Crippen LogP contribution in [0.15, 0.2) is 0 Å². The number of piperazine rings is 1. The van der Waals surface area contributed by atoms with Crippen molar-refractivity contribution in [2.24, 2.45) is 0 Å². The predicted molar refractivity (Wildman–Crippen MR) is 67.7 cm³/mol. The second-order valence-electron chi connectivity index (χ2n) is 4.90. The molecule has 0 radical (unpaired) electrons. The monoisotopic (exact) mass is 272 g/mol. The summed E-state index contributed by atoms with van der Waals surface area (Å²) in [6.07, 6.45) is 0. The van der Waals surface area contributed by atoms with Crippen molar-refractivity contribution in [2.75, 3.05) is 33.7 Å². The summed E-state index contributed by atoms with van der Waals surface area (Å²) in [4.78, 5) is 37.3. The van der Waals surface area contributed by atoms with Crippen molar-refractivity contribution in [3.63, 3.8) is 0 Å². The Hall–Kier alpha value is -1.83. The van der Waals surface area contributed by atoms with Gasteiger partial charge in [-0.15, -0.1) is 0 Å². The van der Waals surface area contributed by atoms with Crippen molar-refractivity contribution in [3.05, 3.63) is 0 Å². The van der Waals surface area contributed by atoms with E-state index >= 15 is 0 Å². The molecule has 0 aromatic rings. The van der Waals surface area contributed by atoms with Crippen molar-refractivity contribution in [1.82, 2.24) is 20.4 Å². The van der Waals surface area contributed by atoms with Crippen molar-refractivity contribution >= 4 is 17.9 Å². The molecule has 1 aliphatic rings. The first kappa shape index (κ1) is 15.2. The Kier molecular flexibility index (Phi) is 5.11. The molecular weight excluding hydrogens is 252 g/mol. The summed E-state index contributed by atoms with van der Waals surface area (Å²) in [6, 6.07) is -1.69. The zero-order chi connectivity index (χ0) is 14.6. The number of nitrogens with one attached hydrogen (secondary N) is 2. The maximum absolute atomic E-state index is 12.0. The quantitative estimate of drug-likeness (QED) is 0.580. The highest BCUT2D eigenvalue weighted by molar-refractivity contribution is 5.90. The van der Waals surface area contributed by atoms with Crippen LogP contribution in [0.25, 0.3) is 0 Å². The van der Waals surface area contributed by atoms with E-state index in [1.807, 2.05) is 25.9 Å². The van der Waals surface area contributed by atoms with Gasteiger partial charge in [-0.1, -0.05) is 0 Å². The molecule has 0 aliphatic carbocycles. The number of carboxylic acid groups (broad SMARTS) is 1. The summed E-state index contributed by atoms with van der Waals surface area (Å²) in [5, 5.41) is 14.2. The lowest BCUT2D eigenvalue weighted by molar-refractivity contribution is -0.144. The Morgan fingerprint density at radius 1 is 1.58 bits per heavy atom. The summed E-state index contributed by atoms with van der Waals surface area (Å²) in [7, 11) is 3.74. The fourth-order valence-corrected chi connectivity index (χ4v) is 1.96. The third-order valence-corrected chi connectivity index (χ3v) is 2.74. The Labute approximate surface area is 111 Å². The number of amides is 3. The molecule has 2 atom stereocenters. The Balaban J connectivity index is 2.65. The van der Waals surface area contributed by atoms with Gasteiger partial charge in [-0.3, -0.25) is 9.69 Å². The minimum Gasteiger partial charge on any atom is -0.480 e. The van der Waals surface area contributed by atoms with Gasteiger partial charge in [-0.05, 0) is 21.0 Å². The van der Waals surface area contributed by atoms with Gasteiger partial charge >= 0.3 is 12.0 Å². The first-order chi connectivity index (χ1) is 8.81. The van der Waals surface area contributed by atoms with E-state index in [-0.39, 0.29) is 25.0 Å². The maximum Gasteiger partial charge on any atom is 0.328 e. The molecule has 1 aliphatic heterocycles. The lowest BCUT2D eigenvalue weighted by atomic mass is 10.2. The second kappa shape index (κ2) is 6.37. The van der Waals surface area contributed by atoms with Crippen LogP contribution in [0, 0.1) is 0 Å². The second-order valence-corrected chi connectivity index (χ2v) is 4.90. The highest BCUT2D eigenvalue weighted by Crippen LogP contribution is 2.05. The van der Waals surface area contributed by atoms with Gasteiger partial charge in [0, 0.05) is 19.1 Å².